The van der Waals surface area contributed by atoms with Crippen molar-refractivity contribution in [3.05, 3.63) is 35.4 Å². The lowest BCUT2D eigenvalue weighted by Crippen LogP contribution is -1.97. The molecular weight excluding hydrogens is 156 g/mol. The van der Waals surface area contributed by atoms with Crippen LogP contribution < -0.4 is 0 Å². The summed E-state index contributed by atoms with van der Waals surface area (Å²) in [5.41, 5.74) is 3.19. The van der Waals surface area contributed by atoms with E-state index in [0.29, 0.717) is 0 Å². The summed E-state index contributed by atoms with van der Waals surface area (Å²) in [6.45, 7) is 2.26. The number of hydrogen-bond donors (Lipinski definition) is 0. The molecule has 0 heteroatoms. The van der Waals surface area contributed by atoms with E-state index < -0.39 is 0 Å². The minimum Gasteiger partial charge on any atom is -0.0620 e. The molecule has 1 fully saturated rings. The van der Waals surface area contributed by atoms with Crippen LogP contribution in [0.15, 0.2) is 24.3 Å². The first-order valence-electron chi connectivity index (χ1n) is 5.49. The maximum atomic E-state index is 2.33. The van der Waals surface area contributed by atoms with Gasteiger partial charge in [-0.1, -0.05) is 44.0 Å². The standard InChI is InChI=1S/C13H18/c1-2-11-7-5-6-10-13(11)12-8-3-4-9-12/h5-7,10,12H,2-4,8-9H2,1H3. The van der Waals surface area contributed by atoms with Crippen molar-refractivity contribution in [1.82, 2.24) is 0 Å². The van der Waals surface area contributed by atoms with Gasteiger partial charge in [-0.15, -0.1) is 0 Å². The van der Waals surface area contributed by atoms with E-state index in [-0.39, 0.29) is 0 Å². The molecule has 0 aromatic heterocycles. The summed E-state index contributed by atoms with van der Waals surface area (Å²) in [6.07, 6.45) is 6.88. The van der Waals surface area contributed by atoms with Crippen molar-refractivity contribution in [1.29, 1.82) is 0 Å². The number of hydrogen-bond acceptors (Lipinski definition) is 0. The fraction of sp³-hybridized carbons (Fsp3) is 0.538. The van der Waals surface area contributed by atoms with Gasteiger partial charge < -0.3 is 0 Å². The van der Waals surface area contributed by atoms with Gasteiger partial charge in [-0.25, -0.2) is 0 Å². The zero-order valence-corrected chi connectivity index (χ0v) is 8.42. The average molecular weight is 174 g/mol. The van der Waals surface area contributed by atoms with Gasteiger partial charge in [0.25, 0.3) is 0 Å². The lowest BCUT2D eigenvalue weighted by molar-refractivity contribution is 0.713. The molecule has 13 heavy (non-hydrogen) atoms. The fourth-order valence-electron chi connectivity index (χ4n) is 2.49. The first-order valence-corrected chi connectivity index (χ1v) is 5.49. The summed E-state index contributed by atoms with van der Waals surface area (Å²) < 4.78 is 0. The minimum absolute atomic E-state index is 0.871. The highest BCUT2D eigenvalue weighted by Gasteiger charge is 2.18. The third-order valence-corrected chi connectivity index (χ3v) is 3.23. The second-order valence-corrected chi connectivity index (χ2v) is 4.03. The maximum absolute atomic E-state index is 2.33. The Kier molecular flexibility index (Phi) is 2.68. The van der Waals surface area contributed by atoms with Crippen molar-refractivity contribution >= 4 is 0 Å². The Morgan fingerprint density at radius 3 is 2.54 bits per heavy atom. The maximum Gasteiger partial charge on any atom is -0.0159 e. The van der Waals surface area contributed by atoms with Crippen LogP contribution in [0.1, 0.15) is 49.7 Å². The van der Waals surface area contributed by atoms with E-state index in [1.165, 1.54) is 32.1 Å². The summed E-state index contributed by atoms with van der Waals surface area (Å²) in [5, 5.41) is 0. The molecule has 0 spiro atoms. The van der Waals surface area contributed by atoms with E-state index in [4.69, 9.17) is 0 Å². The van der Waals surface area contributed by atoms with Crippen LogP contribution in [0.5, 0.6) is 0 Å². The van der Waals surface area contributed by atoms with Crippen molar-refractivity contribution in [2.45, 2.75) is 44.9 Å². The first-order chi connectivity index (χ1) is 6.42. The fourth-order valence-corrected chi connectivity index (χ4v) is 2.49. The van der Waals surface area contributed by atoms with Crippen LogP contribution in [-0.4, -0.2) is 0 Å². The van der Waals surface area contributed by atoms with Gasteiger partial charge >= 0.3 is 0 Å². The Balaban J connectivity index is 2.26. The molecule has 1 aliphatic carbocycles. The molecule has 70 valence electrons. The van der Waals surface area contributed by atoms with Gasteiger partial charge in [0.05, 0.1) is 0 Å². The van der Waals surface area contributed by atoms with Crippen LogP contribution in [0.2, 0.25) is 0 Å². The Bertz CT molecular complexity index is 269. The highest BCUT2D eigenvalue weighted by Crippen LogP contribution is 2.35. The Hall–Kier alpha value is -0.780. The van der Waals surface area contributed by atoms with Crippen molar-refractivity contribution in [2.24, 2.45) is 0 Å². The first kappa shape index (κ1) is 8.80. The molecule has 2 rings (SSSR count). The molecule has 1 aromatic carbocycles. The average Bonchev–Trinajstić information content (AvgIpc) is 2.70. The van der Waals surface area contributed by atoms with Gasteiger partial charge in [0.15, 0.2) is 0 Å². The lowest BCUT2D eigenvalue weighted by atomic mass is 9.92. The zero-order chi connectivity index (χ0) is 9.10. The largest absolute Gasteiger partial charge is 0.0620 e. The van der Waals surface area contributed by atoms with Crippen LogP contribution in [0.3, 0.4) is 0 Å². The molecule has 1 saturated carbocycles. The predicted octanol–water partition coefficient (Wildman–Crippen LogP) is 3.91. The smallest absolute Gasteiger partial charge is 0.0159 e. The number of aryl methyl sites for hydroxylation is 1. The molecule has 0 aliphatic heterocycles. The third kappa shape index (κ3) is 1.77. The molecule has 0 N–H and O–H groups in total. The van der Waals surface area contributed by atoms with Crippen molar-refractivity contribution < 1.29 is 0 Å². The van der Waals surface area contributed by atoms with Crippen LogP contribution >= 0.6 is 0 Å². The van der Waals surface area contributed by atoms with Gasteiger partial charge in [0, 0.05) is 0 Å². The molecule has 0 radical (unpaired) electrons. The quantitative estimate of drug-likeness (QED) is 0.637. The summed E-state index contributed by atoms with van der Waals surface area (Å²) in [5.74, 6) is 0.871. The van der Waals surface area contributed by atoms with Gasteiger partial charge in [0.2, 0.25) is 0 Å². The van der Waals surface area contributed by atoms with E-state index in [0.717, 1.165) is 5.92 Å². The molecule has 1 aliphatic rings. The van der Waals surface area contributed by atoms with Crippen LogP contribution in [0.4, 0.5) is 0 Å². The molecular formula is C13H18. The highest BCUT2D eigenvalue weighted by molar-refractivity contribution is 5.30. The number of rotatable bonds is 2. The van der Waals surface area contributed by atoms with E-state index in [2.05, 4.69) is 31.2 Å². The lowest BCUT2D eigenvalue weighted by Gasteiger charge is -2.13. The molecule has 0 atom stereocenters. The summed E-state index contributed by atoms with van der Waals surface area (Å²) in [4.78, 5) is 0. The summed E-state index contributed by atoms with van der Waals surface area (Å²) in [7, 11) is 0. The SMILES string of the molecule is CCc1ccccc1C1CCCC1. The Morgan fingerprint density at radius 1 is 1.15 bits per heavy atom. The van der Waals surface area contributed by atoms with Gasteiger partial charge in [0.1, 0.15) is 0 Å². The van der Waals surface area contributed by atoms with Gasteiger partial charge in [-0.2, -0.15) is 0 Å². The van der Waals surface area contributed by atoms with Crippen LogP contribution in [0, 0.1) is 0 Å². The predicted molar refractivity (Wildman–Crippen MR) is 57.0 cm³/mol. The molecule has 0 nitrogen and oxygen atoms in total. The molecule has 0 bridgehead atoms. The summed E-state index contributed by atoms with van der Waals surface area (Å²) in [6, 6.07) is 8.96. The topological polar surface area (TPSA) is 0 Å². The molecule has 0 amide bonds. The second-order valence-electron chi connectivity index (χ2n) is 4.03. The monoisotopic (exact) mass is 174 g/mol. The normalized spacial score (nSPS) is 17.9. The van der Waals surface area contributed by atoms with E-state index in [1.807, 2.05) is 0 Å². The zero-order valence-electron chi connectivity index (χ0n) is 8.42. The molecule has 0 heterocycles. The third-order valence-electron chi connectivity index (χ3n) is 3.23. The van der Waals surface area contributed by atoms with Crippen molar-refractivity contribution in [2.75, 3.05) is 0 Å². The van der Waals surface area contributed by atoms with E-state index in [9.17, 15) is 0 Å². The Labute approximate surface area is 81.0 Å². The molecule has 0 unspecified atom stereocenters. The van der Waals surface area contributed by atoms with Crippen LogP contribution in [0.25, 0.3) is 0 Å². The Morgan fingerprint density at radius 2 is 1.85 bits per heavy atom. The van der Waals surface area contributed by atoms with Gasteiger partial charge in [-0.3, -0.25) is 0 Å². The summed E-state index contributed by atoms with van der Waals surface area (Å²) >= 11 is 0. The van der Waals surface area contributed by atoms with E-state index >= 15 is 0 Å². The molecule has 1 aromatic rings. The molecule has 0 saturated heterocycles. The number of benzene rings is 1. The van der Waals surface area contributed by atoms with Crippen molar-refractivity contribution in [3.8, 4) is 0 Å². The van der Waals surface area contributed by atoms with E-state index in [1.54, 1.807) is 11.1 Å². The van der Waals surface area contributed by atoms with Crippen LogP contribution in [-0.2, 0) is 6.42 Å². The minimum atomic E-state index is 0.871. The second kappa shape index (κ2) is 3.95. The van der Waals surface area contributed by atoms with Gasteiger partial charge in [-0.05, 0) is 36.3 Å². The highest BCUT2D eigenvalue weighted by atomic mass is 14.2. The van der Waals surface area contributed by atoms with Crippen molar-refractivity contribution in [3.63, 3.8) is 0 Å².